The Labute approximate surface area is 109 Å². The summed E-state index contributed by atoms with van der Waals surface area (Å²) in [5, 5.41) is 12.7. The number of aliphatic hydroxyl groups excluding tert-OH is 1. The van der Waals surface area contributed by atoms with E-state index in [1.54, 1.807) is 0 Å². The highest BCUT2D eigenvalue weighted by molar-refractivity contribution is 7.98. The Morgan fingerprint density at radius 2 is 2.18 bits per heavy atom. The number of thioether (sulfide) groups is 1. The second-order valence-electron chi connectivity index (χ2n) is 4.73. The molecule has 2 nitrogen and oxygen atoms in total. The zero-order valence-corrected chi connectivity index (χ0v) is 11.8. The fraction of sp³-hybridized carbons (Fsp3) is 0.571. The third-order valence-electron chi connectivity index (χ3n) is 2.72. The molecule has 1 rings (SSSR count). The average Bonchev–Trinajstić information content (AvgIpc) is 2.29. The first-order valence-corrected chi connectivity index (χ1v) is 7.24. The summed E-state index contributed by atoms with van der Waals surface area (Å²) in [5.74, 6) is 1.92. The van der Waals surface area contributed by atoms with Crippen LogP contribution >= 0.6 is 11.8 Å². The van der Waals surface area contributed by atoms with Crippen molar-refractivity contribution in [3.05, 3.63) is 35.4 Å². The van der Waals surface area contributed by atoms with Crippen molar-refractivity contribution in [2.24, 2.45) is 0 Å². The SMILES string of the molecule is CCNC(C)(CO)CSCc1cccc(C)c1. The van der Waals surface area contributed by atoms with Crippen molar-refractivity contribution in [1.29, 1.82) is 0 Å². The second-order valence-corrected chi connectivity index (χ2v) is 5.72. The standard InChI is InChI=1S/C14H23NOS/c1-4-15-14(3,10-16)11-17-9-13-7-5-6-12(2)8-13/h5-8,15-16H,4,9-11H2,1-3H3. The maximum absolute atomic E-state index is 9.38. The van der Waals surface area contributed by atoms with Gasteiger partial charge in [0.1, 0.15) is 0 Å². The quantitative estimate of drug-likeness (QED) is 0.783. The maximum atomic E-state index is 9.38. The third kappa shape index (κ3) is 5.11. The number of hydrogen-bond donors (Lipinski definition) is 2. The molecule has 0 saturated carbocycles. The number of benzene rings is 1. The lowest BCUT2D eigenvalue weighted by Gasteiger charge is -2.27. The largest absolute Gasteiger partial charge is 0.394 e. The molecule has 1 unspecified atom stereocenters. The zero-order chi connectivity index (χ0) is 12.7. The molecule has 0 fully saturated rings. The first-order chi connectivity index (χ1) is 8.09. The van der Waals surface area contributed by atoms with E-state index in [2.05, 4.69) is 50.4 Å². The van der Waals surface area contributed by atoms with Crippen LogP contribution in [0.5, 0.6) is 0 Å². The Hall–Kier alpha value is -0.510. The van der Waals surface area contributed by atoms with Gasteiger partial charge < -0.3 is 10.4 Å². The summed E-state index contributed by atoms with van der Waals surface area (Å²) in [7, 11) is 0. The first-order valence-electron chi connectivity index (χ1n) is 6.09. The third-order valence-corrected chi connectivity index (χ3v) is 4.10. The Bertz CT molecular complexity index is 343. The van der Waals surface area contributed by atoms with E-state index in [9.17, 15) is 5.11 Å². The van der Waals surface area contributed by atoms with Gasteiger partial charge in [0.25, 0.3) is 0 Å². The summed E-state index contributed by atoms with van der Waals surface area (Å²) in [5.41, 5.74) is 2.50. The highest BCUT2D eigenvalue weighted by atomic mass is 32.2. The molecule has 0 aromatic heterocycles. The van der Waals surface area contributed by atoms with E-state index >= 15 is 0 Å². The van der Waals surface area contributed by atoms with Crippen LogP contribution < -0.4 is 5.32 Å². The van der Waals surface area contributed by atoms with Crippen LogP contribution in [0.3, 0.4) is 0 Å². The van der Waals surface area contributed by atoms with Crippen molar-refractivity contribution in [3.63, 3.8) is 0 Å². The van der Waals surface area contributed by atoms with Crippen LogP contribution in [0.4, 0.5) is 0 Å². The van der Waals surface area contributed by atoms with E-state index < -0.39 is 0 Å². The van der Waals surface area contributed by atoms with Gasteiger partial charge in [0.15, 0.2) is 0 Å². The van der Waals surface area contributed by atoms with E-state index in [0.29, 0.717) is 0 Å². The van der Waals surface area contributed by atoms with Gasteiger partial charge in [-0.15, -0.1) is 0 Å². The second kappa shape index (κ2) is 7.04. The highest BCUT2D eigenvalue weighted by Gasteiger charge is 2.21. The Balaban J connectivity index is 2.41. The van der Waals surface area contributed by atoms with Crippen LogP contribution in [-0.4, -0.2) is 29.5 Å². The molecule has 0 aliphatic rings. The van der Waals surface area contributed by atoms with E-state index in [1.165, 1.54) is 11.1 Å². The van der Waals surface area contributed by atoms with Crippen LogP contribution in [0.15, 0.2) is 24.3 Å². The van der Waals surface area contributed by atoms with Crippen molar-refractivity contribution in [2.75, 3.05) is 18.9 Å². The van der Waals surface area contributed by atoms with Gasteiger partial charge in [-0.1, -0.05) is 36.8 Å². The van der Waals surface area contributed by atoms with Crippen LogP contribution in [0.25, 0.3) is 0 Å². The fourth-order valence-corrected chi connectivity index (χ4v) is 2.94. The monoisotopic (exact) mass is 253 g/mol. The van der Waals surface area contributed by atoms with Crippen molar-refractivity contribution >= 4 is 11.8 Å². The van der Waals surface area contributed by atoms with E-state index in [-0.39, 0.29) is 12.1 Å². The number of hydrogen-bond acceptors (Lipinski definition) is 3. The molecule has 0 amide bonds. The highest BCUT2D eigenvalue weighted by Crippen LogP contribution is 2.18. The fourth-order valence-electron chi connectivity index (χ4n) is 1.78. The zero-order valence-electron chi connectivity index (χ0n) is 11.0. The average molecular weight is 253 g/mol. The van der Waals surface area contributed by atoms with Gasteiger partial charge in [-0.05, 0) is 26.0 Å². The van der Waals surface area contributed by atoms with Crippen molar-refractivity contribution in [3.8, 4) is 0 Å². The van der Waals surface area contributed by atoms with Gasteiger partial charge in [-0.3, -0.25) is 0 Å². The number of aliphatic hydroxyl groups is 1. The van der Waals surface area contributed by atoms with Crippen LogP contribution in [0.2, 0.25) is 0 Å². The smallest absolute Gasteiger partial charge is 0.0618 e. The predicted molar refractivity (Wildman–Crippen MR) is 76.5 cm³/mol. The molecule has 1 aromatic carbocycles. The number of rotatable bonds is 7. The summed E-state index contributed by atoms with van der Waals surface area (Å²) in [6, 6.07) is 8.59. The van der Waals surface area contributed by atoms with Crippen LogP contribution in [0.1, 0.15) is 25.0 Å². The topological polar surface area (TPSA) is 32.3 Å². The summed E-state index contributed by atoms with van der Waals surface area (Å²) < 4.78 is 0. The molecule has 0 radical (unpaired) electrons. The summed E-state index contributed by atoms with van der Waals surface area (Å²) in [6.45, 7) is 7.33. The van der Waals surface area contributed by atoms with E-state index in [4.69, 9.17) is 0 Å². The van der Waals surface area contributed by atoms with Crippen molar-refractivity contribution in [1.82, 2.24) is 5.32 Å². The molecule has 2 N–H and O–H groups in total. The minimum atomic E-state index is -0.163. The van der Waals surface area contributed by atoms with Crippen molar-refractivity contribution < 1.29 is 5.11 Å². The molecular formula is C14H23NOS. The maximum Gasteiger partial charge on any atom is 0.0618 e. The molecule has 0 saturated heterocycles. The molecular weight excluding hydrogens is 230 g/mol. The Morgan fingerprint density at radius 1 is 1.41 bits per heavy atom. The van der Waals surface area contributed by atoms with Gasteiger partial charge in [0.2, 0.25) is 0 Å². The molecule has 1 aromatic rings. The minimum Gasteiger partial charge on any atom is -0.394 e. The van der Waals surface area contributed by atoms with Gasteiger partial charge in [-0.2, -0.15) is 11.8 Å². The molecule has 0 bridgehead atoms. The molecule has 0 aliphatic heterocycles. The lowest BCUT2D eigenvalue weighted by molar-refractivity contribution is 0.194. The molecule has 1 atom stereocenters. The lowest BCUT2D eigenvalue weighted by Crippen LogP contribution is -2.47. The Kier molecular flexibility index (Phi) is 6.03. The van der Waals surface area contributed by atoms with Crippen LogP contribution in [-0.2, 0) is 5.75 Å². The molecule has 0 aliphatic carbocycles. The van der Waals surface area contributed by atoms with Crippen molar-refractivity contribution in [2.45, 2.75) is 32.1 Å². The van der Waals surface area contributed by atoms with Gasteiger partial charge >= 0.3 is 0 Å². The normalized spacial score (nSPS) is 14.6. The van der Waals surface area contributed by atoms with E-state index in [0.717, 1.165) is 18.1 Å². The Morgan fingerprint density at radius 3 is 2.76 bits per heavy atom. The predicted octanol–water partition coefficient (Wildman–Crippen LogP) is 2.59. The summed E-state index contributed by atoms with van der Waals surface area (Å²) in [6.07, 6.45) is 0. The number of likely N-dealkylation sites (N-methyl/N-ethyl adjacent to an activating group) is 1. The van der Waals surface area contributed by atoms with Gasteiger partial charge in [-0.25, -0.2) is 0 Å². The van der Waals surface area contributed by atoms with Gasteiger partial charge in [0.05, 0.1) is 6.61 Å². The van der Waals surface area contributed by atoms with Gasteiger partial charge in [0, 0.05) is 17.0 Å². The molecule has 96 valence electrons. The lowest BCUT2D eigenvalue weighted by atomic mass is 10.1. The van der Waals surface area contributed by atoms with Crippen LogP contribution in [0, 0.1) is 6.92 Å². The first kappa shape index (κ1) is 14.6. The minimum absolute atomic E-state index is 0.163. The molecule has 0 heterocycles. The molecule has 3 heteroatoms. The number of nitrogens with one attached hydrogen (secondary N) is 1. The molecule has 17 heavy (non-hydrogen) atoms. The van der Waals surface area contributed by atoms with E-state index in [1.807, 2.05) is 11.8 Å². The molecule has 0 spiro atoms. The summed E-state index contributed by atoms with van der Waals surface area (Å²) in [4.78, 5) is 0. The number of aryl methyl sites for hydroxylation is 1. The summed E-state index contributed by atoms with van der Waals surface area (Å²) >= 11 is 1.86.